The second kappa shape index (κ2) is 9.33. The highest BCUT2D eigenvalue weighted by atomic mass is 16.5. The van der Waals surface area contributed by atoms with Gasteiger partial charge in [-0.3, -0.25) is 4.79 Å². The molecule has 2 amide bonds. The van der Waals surface area contributed by atoms with E-state index in [0.29, 0.717) is 16.8 Å². The van der Waals surface area contributed by atoms with Crippen LogP contribution in [0.2, 0.25) is 0 Å². The molecule has 0 aliphatic heterocycles. The van der Waals surface area contributed by atoms with Gasteiger partial charge in [0.15, 0.2) is 5.78 Å². The van der Waals surface area contributed by atoms with Crippen LogP contribution in [0, 0.1) is 0 Å². The fourth-order valence-corrected chi connectivity index (χ4v) is 2.26. The predicted molar refractivity (Wildman–Crippen MR) is 105 cm³/mol. The van der Waals surface area contributed by atoms with E-state index in [1.165, 1.54) is 13.2 Å². The Bertz CT molecular complexity index is 837. The monoisotopic (exact) mass is 366 g/mol. The van der Waals surface area contributed by atoms with Gasteiger partial charge in [-0.1, -0.05) is 18.2 Å². The van der Waals surface area contributed by atoms with E-state index in [2.05, 4.69) is 15.4 Å². The SMILES string of the molecule is COC(=O)c1ccc(/C=C/C(=O)c2ccc(NC(=O)NC(C)C)cc2)cc1. The zero-order valence-electron chi connectivity index (χ0n) is 15.5. The number of anilines is 1. The maximum absolute atomic E-state index is 12.3. The minimum Gasteiger partial charge on any atom is -0.465 e. The molecule has 0 fully saturated rings. The van der Waals surface area contributed by atoms with Crippen LogP contribution in [0.15, 0.2) is 54.6 Å². The van der Waals surface area contributed by atoms with Crippen molar-refractivity contribution in [2.45, 2.75) is 19.9 Å². The Hall–Kier alpha value is -3.41. The molecule has 6 nitrogen and oxygen atoms in total. The number of urea groups is 1. The Morgan fingerprint density at radius 2 is 1.52 bits per heavy atom. The Morgan fingerprint density at radius 3 is 2.07 bits per heavy atom. The smallest absolute Gasteiger partial charge is 0.337 e. The van der Waals surface area contributed by atoms with Crippen molar-refractivity contribution in [1.29, 1.82) is 0 Å². The second-order valence-corrected chi connectivity index (χ2v) is 6.14. The summed E-state index contributed by atoms with van der Waals surface area (Å²) in [5.41, 5.74) is 2.35. The lowest BCUT2D eigenvalue weighted by Gasteiger charge is -2.10. The van der Waals surface area contributed by atoms with E-state index in [9.17, 15) is 14.4 Å². The van der Waals surface area contributed by atoms with Gasteiger partial charge in [-0.05, 0) is 61.9 Å². The van der Waals surface area contributed by atoms with Crippen molar-refractivity contribution in [3.63, 3.8) is 0 Å². The lowest BCUT2D eigenvalue weighted by molar-refractivity contribution is 0.0600. The van der Waals surface area contributed by atoms with E-state index in [-0.39, 0.29) is 17.9 Å². The zero-order chi connectivity index (χ0) is 19.8. The lowest BCUT2D eigenvalue weighted by Crippen LogP contribution is -2.34. The summed E-state index contributed by atoms with van der Waals surface area (Å²) in [5, 5.41) is 5.42. The maximum Gasteiger partial charge on any atom is 0.337 e. The van der Waals surface area contributed by atoms with Crippen LogP contribution < -0.4 is 10.6 Å². The van der Waals surface area contributed by atoms with Crippen molar-refractivity contribution in [1.82, 2.24) is 5.32 Å². The summed E-state index contributed by atoms with van der Waals surface area (Å²) in [6.07, 6.45) is 3.13. The largest absolute Gasteiger partial charge is 0.465 e. The third kappa shape index (κ3) is 6.11. The average molecular weight is 366 g/mol. The number of benzene rings is 2. The molecule has 0 radical (unpaired) electrons. The Morgan fingerprint density at radius 1 is 0.926 bits per heavy atom. The number of rotatable bonds is 6. The number of nitrogens with one attached hydrogen (secondary N) is 2. The fourth-order valence-electron chi connectivity index (χ4n) is 2.26. The van der Waals surface area contributed by atoms with Gasteiger partial charge >= 0.3 is 12.0 Å². The summed E-state index contributed by atoms with van der Waals surface area (Å²) < 4.78 is 4.64. The number of allylic oxidation sites excluding steroid dienone is 1. The first-order chi connectivity index (χ1) is 12.9. The van der Waals surface area contributed by atoms with Crippen LogP contribution in [0.5, 0.6) is 0 Å². The molecule has 2 aromatic rings. The van der Waals surface area contributed by atoms with Gasteiger partial charge in [0.2, 0.25) is 0 Å². The number of esters is 1. The minimum absolute atomic E-state index is 0.0395. The topological polar surface area (TPSA) is 84.5 Å². The van der Waals surface area contributed by atoms with E-state index in [4.69, 9.17) is 0 Å². The molecule has 27 heavy (non-hydrogen) atoms. The van der Waals surface area contributed by atoms with Crippen LogP contribution in [-0.2, 0) is 4.74 Å². The van der Waals surface area contributed by atoms with E-state index in [1.807, 2.05) is 13.8 Å². The molecule has 2 N–H and O–H groups in total. The second-order valence-electron chi connectivity index (χ2n) is 6.14. The molecule has 0 heterocycles. The van der Waals surface area contributed by atoms with Crippen LogP contribution in [0.4, 0.5) is 10.5 Å². The normalized spacial score (nSPS) is 10.7. The summed E-state index contributed by atoms with van der Waals surface area (Å²) >= 11 is 0. The molecular weight excluding hydrogens is 344 g/mol. The zero-order valence-corrected chi connectivity index (χ0v) is 15.5. The van der Waals surface area contributed by atoms with E-state index in [1.54, 1.807) is 54.6 Å². The first-order valence-corrected chi connectivity index (χ1v) is 8.47. The molecule has 0 bridgehead atoms. The number of carbonyl (C=O) groups excluding carboxylic acids is 3. The molecule has 0 aliphatic rings. The van der Waals surface area contributed by atoms with Gasteiger partial charge in [-0.2, -0.15) is 0 Å². The molecule has 0 atom stereocenters. The molecular formula is C21H22N2O4. The summed E-state index contributed by atoms with van der Waals surface area (Å²) in [6, 6.07) is 13.1. The summed E-state index contributed by atoms with van der Waals surface area (Å²) in [7, 11) is 1.33. The van der Waals surface area contributed by atoms with Crippen molar-refractivity contribution in [3.8, 4) is 0 Å². The van der Waals surface area contributed by atoms with Gasteiger partial charge in [0, 0.05) is 17.3 Å². The van der Waals surface area contributed by atoms with Gasteiger partial charge in [0.1, 0.15) is 0 Å². The number of amides is 2. The highest BCUT2D eigenvalue weighted by Crippen LogP contribution is 2.12. The Kier molecular flexibility index (Phi) is 6.88. The van der Waals surface area contributed by atoms with Crippen molar-refractivity contribution >= 4 is 29.5 Å². The third-order valence-corrected chi connectivity index (χ3v) is 3.61. The van der Waals surface area contributed by atoms with Crippen LogP contribution in [0.25, 0.3) is 6.08 Å². The number of hydrogen-bond acceptors (Lipinski definition) is 4. The number of carbonyl (C=O) groups is 3. The highest BCUT2D eigenvalue weighted by Gasteiger charge is 2.06. The summed E-state index contributed by atoms with van der Waals surface area (Å²) in [5.74, 6) is -0.567. The number of methoxy groups -OCH3 is 1. The molecule has 0 spiro atoms. The molecule has 140 valence electrons. The van der Waals surface area contributed by atoms with Gasteiger partial charge in [-0.25, -0.2) is 9.59 Å². The van der Waals surface area contributed by atoms with Crippen LogP contribution in [0.1, 0.15) is 40.1 Å². The number of ketones is 1. The first kappa shape index (κ1) is 19.9. The molecule has 0 unspecified atom stereocenters. The van der Waals surface area contributed by atoms with Gasteiger partial charge in [0.05, 0.1) is 12.7 Å². The van der Waals surface area contributed by atoms with Crippen LogP contribution in [-0.4, -0.2) is 30.9 Å². The predicted octanol–water partition coefficient (Wildman–Crippen LogP) is 3.90. The number of ether oxygens (including phenoxy) is 1. The standard InChI is InChI=1S/C21H22N2O4/c1-14(2)22-21(26)23-18-11-9-16(10-12-18)19(24)13-6-15-4-7-17(8-5-15)20(25)27-3/h4-14H,1-3H3,(H2,22,23,26)/b13-6+. The van der Waals surface area contributed by atoms with E-state index >= 15 is 0 Å². The van der Waals surface area contributed by atoms with Crippen LogP contribution >= 0.6 is 0 Å². The van der Waals surface area contributed by atoms with E-state index < -0.39 is 5.97 Å². The van der Waals surface area contributed by atoms with Crippen molar-refractivity contribution in [3.05, 3.63) is 71.3 Å². The average Bonchev–Trinajstić information content (AvgIpc) is 2.65. The minimum atomic E-state index is -0.405. The van der Waals surface area contributed by atoms with Gasteiger partial charge in [0.25, 0.3) is 0 Å². The van der Waals surface area contributed by atoms with Crippen molar-refractivity contribution in [2.24, 2.45) is 0 Å². The highest BCUT2D eigenvalue weighted by molar-refractivity contribution is 6.07. The molecule has 2 rings (SSSR count). The fraction of sp³-hybridized carbons (Fsp3) is 0.190. The van der Waals surface area contributed by atoms with Crippen molar-refractivity contribution in [2.75, 3.05) is 12.4 Å². The lowest BCUT2D eigenvalue weighted by atomic mass is 10.1. The molecule has 0 saturated carbocycles. The first-order valence-electron chi connectivity index (χ1n) is 8.47. The quantitative estimate of drug-likeness (QED) is 0.461. The Balaban J connectivity index is 1.98. The van der Waals surface area contributed by atoms with Gasteiger partial charge < -0.3 is 15.4 Å². The summed E-state index contributed by atoms with van der Waals surface area (Å²) in [4.78, 5) is 35.3. The maximum atomic E-state index is 12.3. The molecule has 2 aromatic carbocycles. The van der Waals surface area contributed by atoms with Crippen LogP contribution in [0.3, 0.4) is 0 Å². The Labute approximate surface area is 158 Å². The molecule has 0 aliphatic carbocycles. The van der Waals surface area contributed by atoms with Crippen molar-refractivity contribution < 1.29 is 19.1 Å². The molecule has 0 saturated heterocycles. The van der Waals surface area contributed by atoms with E-state index in [0.717, 1.165) is 5.56 Å². The third-order valence-electron chi connectivity index (χ3n) is 3.61. The number of hydrogen-bond donors (Lipinski definition) is 2. The molecule has 0 aromatic heterocycles. The summed E-state index contributed by atoms with van der Waals surface area (Å²) in [6.45, 7) is 3.74. The van der Waals surface area contributed by atoms with Gasteiger partial charge in [-0.15, -0.1) is 0 Å². The molecule has 6 heteroatoms.